The maximum atomic E-state index is 10.9. The molecule has 0 saturated heterocycles. The topological polar surface area (TPSA) is 81.6 Å². The van der Waals surface area contributed by atoms with Gasteiger partial charge in [0.25, 0.3) is 0 Å². The second kappa shape index (κ2) is 3.72. The number of aromatic amines is 1. The zero-order chi connectivity index (χ0) is 9.84. The number of nitrogens with zero attached hydrogens (tertiary/aromatic N) is 2. The second-order valence-corrected chi connectivity index (χ2v) is 2.90. The molecule has 5 heteroatoms. The Morgan fingerprint density at radius 1 is 1.69 bits per heavy atom. The molecule has 0 radical (unpaired) electrons. The van der Waals surface area contributed by atoms with E-state index in [-0.39, 0.29) is 11.7 Å². The van der Waals surface area contributed by atoms with Crippen LogP contribution in [0.2, 0.25) is 0 Å². The van der Waals surface area contributed by atoms with Gasteiger partial charge in [0.05, 0.1) is 0 Å². The Hall–Kier alpha value is -1.83. The highest BCUT2D eigenvalue weighted by atomic mass is 16.1. The van der Waals surface area contributed by atoms with Crippen molar-refractivity contribution in [1.29, 1.82) is 5.26 Å². The fourth-order valence-electron chi connectivity index (χ4n) is 0.888. The quantitative estimate of drug-likeness (QED) is 0.689. The van der Waals surface area contributed by atoms with Gasteiger partial charge in [-0.3, -0.25) is 4.98 Å². The summed E-state index contributed by atoms with van der Waals surface area (Å²) in [5.74, 6) is 0.426. The third-order valence-corrected chi connectivity index (χ3v) is 1.30. The van der Waals surface area contributed by atoms with Crippen LogP contribution >= 0.6 is 0 Å². The average Bonchev–Trinajstić information content (AvgIpc) is 2.01. The van der Waals surface area contributed by atoms with Crippen LogP contribution in [-0.4, -0.2) is 16.0 Å². The van der Waals surface area contributed by atoms with Crippen molar-refractivity contribution in [2.45, 2.75) is 19.9 Å². The largest absolute Gasteiger partial charge is 0.368 e. The molecule has 13 heavy (non-hydrogen) atoms. The molecule has 0 amide bonds. The Morgan fingerprint density at radius 2 is 2.38 bits per heavy atom. The van der Waals surface area contributed by atoms with Gasteiger partial charge in [-0.1, -0.05) is 0 Å². The lowest BCUT2D eigenvalue weighted by atomic mass is 10.3. The molecule has 0 fully saturated rings. The van der Waals surface area contributed by atoms with Crippen LogP contribution in [0.1, 0.15) is 19.5 Å². The van der Waals surface area contributed by atoms with E-state index in [0.29, 0.717) is 5.82 Å². The maximum Gasteiger partial charge on any atom is 0.347 e. The first-order valence-corrected chi connectivity index (χ1v) is 3.90. The fraction of sp³-hybridized carbons (Fsp3) is 0.375. The van der Waals surface area contributed by atoms with Gasteiger partial charge < -0.3 is 5.32 Å². The molecule has 1 aromatic rings. The number of hydrogen-bond donors (Lipinski definition) is 2. The maximum absolute atomic E-state index is 10.9. The molecule has 0 bridgehead atoms. The van der Waals surface area contributed by atoms with Gasteiger partial charge in [-0.25, -0.2) is 4.79 Å². The molecule has 0 aliphatic rings. The Labute approximate surface area is 75.4 Å². The molecule has 0 aliphatic carbocycles. The minimum Gasteiger partial charge on any atom is -0.368 e. The van der Waals surface area contributed by atoms with Crippen LogP contribution in [0.5, 0.6) is 0 Å². The van der Waals surface area contributed by atoms with Gasteiger partial charge in [0.1, 0.15) is 17.6 Å². The number of aromatic nitrogens is 2. The van der Waals surface area contributed by atoms with Crippen LogP contribution in [0, 0.1) is 11.3 Å². The number of rotatable bonds is 2. The van der Waals surface area contributed by atoms with E-state index < -0.39 is 5.69 Å². The Kier molecular flexibility index (Phi) is 2.65. The van der Waals surface area contributed by atoms with E-state index in [2.05, 4.69) is 15.3 Å². The van der Waals surface area contributed by atoms with Crippen molar-refractivity contribution in [1.82, 2.24) is 9.97 Å². The predicted molar refractivity (Wildman–Crippen MR) is 48.3 cm³/mol. The van der Waals surface area contributed by atoms with E-state index in [1.54, 1.807) is 0 Å². The molecular weight excluding hydrogens is 168 g/mol. The first kappa shape index (κ1) is 9.26. The van der Waals surface area contributed by atoms with Crippen molar-refractivity contribution in [2.75, 3.05) is 5.32 Å². The normalized spacial score (nSPS) is 9.69. The van der Waals surface area contributed by atoms with E-state index >= 15 is 0 Å². The standard InChI is InChI=1S/C8H10N4O/c1-5(2)10-7-3-6(4-9)11-8(13)12-7/h3,5H,1-2H3,(H2,10,11,12,13). The van der Waals surface area contributed by atoms with Crippen molar-refractivity contribution in [3.63, 3.8) is 0 Å². The Bertz CT molecular complexity index is 388. The van der Waals surface area contributed by atoms with Gasteiger partial charge in [-0.15, -0.1) is 0 Å². The third-order valence-electron chi connectivity index (χ3n) is 1.30. The summed E-state index contributed by atoms with van der Waals surface area (Å²) in [7, 11) is 0. The summed E-state index contributed by atoms with van der Waals surface area (Å²) < 4.78 is 0. The molecule has 1 rings (SSSR count). The monoisotopic (exact) mass is 178 g/mol. The van der Waals surface area contributed by atoms with Crippen LogP contribution in [-0.2, 0) is 0 Å². The highest BCUT2D eigenvalue weighted by Crippen LogP contribution is 2.01. The van der Waals surface area contributed by atoms with Gasteiger partial charge in [0.2, 0.25) is 0 Å². The molecule has 68 valence electrons. The van der Waals surface area contributed by atoms with Gasteiger partial charge in [0, 0.05) is 12.1 Å². The van der Waals surface area contributed by atoms with Crippen LogP contribution in [0.25, 0.3) is 0 Å². The minimum absolute atomic E-state index is 0.181. The zero-order valence-corrected chi connectivity index (χ0v) is 7.46. The number of H-pyrrole nitrogens is 1. The van der Waals surface area contributed by atoms with Crippen LogP contribution in [0.4, 0.5) is 5.82 Å². The van der Waals surface area contributed by atoms with Gasteiger partial charge in [-0.05, 0) is 13.8 Å². The molecule has 2 N–H and O–H groups in total. The van der Waals surface area contributed by atoms with Crippen molar-refractivity contribution < 1.29 is 0 Å². The first-order valence-electron chi connectivity index (χ1n) is 3.90. The van der Waals surface area contributed by atoms with Crippen LogP contribution < -0.4 is 11.0 Å². The molecular formula is C8H10N4O. The van der Waals surface area contributed by atoms with E-state index in [1.165, 1.54) is 6.07 Å². The lowest BCUT2D eigenvalue weighted by Gasteiger charge is -2.07. The summed E-state index contributed by atoms with van der Waals surface area (Å²) in [6.07, 6.45) is 0. The molecule has 1 aromatic heterocycles. The Morgan fingerprint density at radius 3 is 2.92 bits per heavy atom. The van der Waals surface area contributed by atoms with Crippen molar-refractivity contribution in [2.24, 2.45) is 0 Å². The number of hydrogen-bond acceptors (Lipinski definition) is 4. The number of nitrogens with one attached hydrogen (secondary N) is 2. The summed E-state index contributed by atoms with van der Waals surface area (Å²) in [6, 6.07) is 3.53. The van der Waals surface area contributed by atoms with E-state index in [0.717, 1.165) is 0 Å². The van der Waals surface area contributed by atoms with Crippen molar-refractivity contribution in [3.05, 3.63) is 22.2 Å². The summed E-state index contributed by atoms with van der Waals surface area (Å²) in [5.41, 5.74) is -0.301. The molecule has 0 spiro atoms. The highest BCUT2D eigenvalue weighted by Gasteiger charge is 2.00. The van der Waals surface area contributed by atoms with Crippen molar-refractivity contribution >= 4 is 5.82 Å². The summed E-state index contributed by atoms with van der Waals surface area (Å²) in [5, 5.41) is 11.5. The van der Waals surface area contributed by atoms with E-state index in [4.69, 9.17) is 5.26 Å². The molecule has 5 nitrogen and oxygen atoms in total. The summed E-state index contributed by atoms with van der Waals surface area (Å²) >= 11 is 0. The lowest BCUT2D eigenvalue weighted by Crippen LogP contribution is -2.18. The van der Waals surface area contributed by atoms with Crippen LogP contribution in [0.3, 0.4) is 0 Å². The third kappa shape index (κ3) is 2.60. The smallest absolute Gasteiger partial charge is 0.347 e. The average molecular weight is 178 g/mol. The molecule has 0 aromatic carbocycles. The zero-order valence-electron chi connectivity index (χ0n) is 7.46. The van der Waals surface area contributed by atoms with Gasteiger partial charge >= 0.3 is 5.69 Å². The number of nitriles is 1. The van der Waals surface area contributed by atoms with Crippen LogP contribution in [0.15, 0.2) is 10.9 Å². The first-order chi connectivity index (χ1) is 6.11. The SMILES string of the molecule is CC(C)Nc1cc(C#N)[nH]c(=O)n1. The second-order valence-electron chi connectivity index (χ2n) is 2.90. The highest BCUT2D eigenvalue weighted by molar-refractivity contribution is 5.39. The van der Waals surface area contributed by atoms with E-state index in [9.17, 15) is 4.79 Å². The van der Waals surface area contributed by atoms with E-state index in [1.807, 2.05) is 19.9 Å². The molecule has 1 heterocycles. The predicted octanol–water partition coefficient (Wildman–Crippen LogP) is 0.462. The Balaban J connectivity index is 3.04. The lowest BCUT2D eigenvalue weighted by molar-refractivity contribution is 0.880. The molecule has 0 unspecified atom stereocenters. The molecule has 0 aliphatic heterocycles. The summed E-state index contributed by atoms with van der Waals surface area (Å²) in [4.78, 5) is 16.8. The van der Waals surface area contributed by atoms with Gasteiger partial charge in [0.15, 0.2) is 0 Å². The van der Waals surface area contributed by atoms with Gasteiger partial charge in [-0.2, -0.15) is 10.2 Å². The number of anilines is 1. The minimum atomic E-state index is -0.512. The summed E-state index contributed by atoms with van der Waals surface area (Å²) in [6.45, 7) is 3.85. The molecule has 0 saturated carbocycles. The fourth-order valence-corrected chi connectivity index (χ4v) is 0.888. The van der Waals surface area contributed by atoms with Crippen molar-refractivity contribution in [3.8, 4) is 6.07 Å². The molecule has 0 atom stereocenters.